The average Bonchev–Trinajstić information content (AvgIpc) is 3.88. The van der Waals surface area contributed by atoms with Gasteiger partial charge in [-0.1, -0.05) is 0 Å². The van der Waals surface area contributed by atoms with Gasteiger partial charge in [-0.25, -0.2) is 18.4 Å². The van der Waals surface area contributed by atoms with Crippen LogP contribution in [-0.4, -0.2) is 70.1 Å². The van der Waals surface area contributed by atoms with Gasteiger partial charge in [0.1, 0.15) is 22.8 Å². The standard InChI is InChI=1S/C30H35F2N7O3S/c1-43(41,42)39(30(31)32)25-9-8-20-14-24(38(28(20)35-25)16-19-6-7-19)27-23(13-18-4-5-18)37-12-10-21(15-26(37)34-27)29(40)36-11-2-3-22(33)17-36/h8-10,12,14-15,18-19,22,30H,2-7,11,13,16-17,33H2,1H3/t22-/m1/s1. The Morgan fingerprint density at radius 3 is 2.53 bits per heavy atom. The van der Waals surface area contributed by atoms with Gasteiger partial charge in [-0.3, -0.25) is 4.79 Å². The highest BCUT2D eigenvalue weighted by Crippen LogP contribution is 2.40. The molecule has 10 nitrogen and oxygen atoms in total. The van der Waals surface area contributed by atoms with Crippen LogP contribution in [0.15, 0.2) is 36.5 Å². The van der Waals surface area contributed by atoms with Gasteiger partial charge in [0.2, 0.25) is 10.0 Å². The van der Waals surface area contributed by atoms with Gasteiger partial charge in [0.25, 0.3) is 5.91 Å². The molecule has 0 aromatic carbocycles. The fourth-order valence-corrected chi connectivity index (χ4v) is 6.93. The van der Waals surface area contributed by atoms with Crippen molar-refractivity contribution in [1.29, 1.82) is 0 Å². The largest absolute Gasteiger partial charge is 0.337 e. The van der Waals surface area contributed by atoms with Crippen molar-refractivity contribution in [1.82, 2.24) is 23.8 Å². The number of hydrogen-bond acceptors (Lipinski definition) is 6. The summed E-state index contributed by atoms with van der Waals surface area (Å²) in [7, 11) is -4.25. The van der Waals surface area contributed by atoms with E-state index >= 15 is 0 Å². The van der Waals surface area contributed by atoms with E-state index in [9.17, 15) is 22.0 Å². The normalized spacial score (nSPS) is 19.6. The van der Waals surface area contributed by atoms with E-state index < -0.39 is 16.6 Å². The summed E-state index contributed by atoms with van der Waals surface area (Å²) in [6.45, 7) is -1.41. The van der Waals surface area contributed by atoms with Gasteiger partial charge in [-0.2, -0.15) is 13.1 Å². The number of pyridine rings is 2. The SMILES string of the molecule is CS(=O)(=O)N(c1ccc2cc(-c3nc4cc(C(=O)N5CCC[C@@H](N)C5)ccn4c3CC3CC3)n(CC3CC3)c2n1)C(F)F. The molecule has 4 aromatic heterocycles. The van der Waals surface area contributed by atoms with E-state index in [1.54, 1.807) is 6.07 Å². The number of piperidine rings is 1. The van der Waals surface area contributed by atoms with E-state index in [4.69, 9.17) is 10.7 Å². The molecule has 13 heteroatoms. The number of likely N-dealkylation sites (tertiary alicyclic amines) is 1. The first kappa shape index (κ1) is 28.2. The summed E-state index contributed by atoms with van der Waals surface area (Å²) in [5.74, 6) is 0.598. The molecule has 43 heavy (non-hydrogen) atoms. The number of halogens is 2. The third-order valence-electron chi connectivity index (χ3n) is 8.77. The van der Waals surface area contributed by atoms with Gasteiger partial charge >= 0.3 is 6.55 Å². The van der Waals surface area contributed by atoms with Crippen LogP contribution in [0.25, 0.3) is 28.1 Å². The first-order valence-corrected chi connectivity index (χ1v) is 16.8. The van der Waals surface area contributed by atoms with Crippen LogP contribution in [0.2, 0.25) is 0 Å². The number of carbonyl (C=O) groups is 1. The molecule has 3 fully saturated rings. The van der Waals surface area contributed by atoms with E-state index in [0.717, 1.165) is 68.3 Å². The quantitative estimate of drug-likeness (QED) is 0.283. The molecule has 1 saturated heterocycles. The molecule has 4 aromatic rings. The fraction of sp³-hybridized carbons (Fsp3) is 0.500. The molecule has 1 atom stereocenters. The van der Waals surface area contributed by atoms with Crippen LogP contribution < -0.4 is 10.0 Å². The summed E-state index contributed by atoms with van der Waals surface area (Å²) in [5.41, 5.74) is 10.4. The number of amides is 1. The molecule has 1 amide bonds. The van der Waals surface area contributed by atoms with Gasteiger partial charge in [-0.05, 0) is 87.1 Å². The minimum atomic E-state index is -4.25. The van der Waals surface area contributed by atoms with Gasteiger partial charge in [-0.15, -0.1) is 0 Å². The molecule has 2 aliphatic carbocycles. The van der Waals surface area contributed by atoms with Crippen molar-refractivity contribution in [2.45, 2.75) is 64.1 Å². The van der Waals surface area contributed by atoms with Crippen LogP contribution in [-0.2, 0) is 23.0 Å². The number of fused-ring (bicyclic) bond motifs is 2. The summed E-state index contributed by atoms with van der Waals surface area (Å²) >= 11 is 0. The highest BCUT2D eigenvalue weighted by Gasteiger charge is 2.32. The number of hydrogen-bond donors (Lipinski definition) is 1. The van der Waals surface area contributed by atoms with Crippen LogP contribution in [0.4, 0.5) is 14.6 Å². The van der Waals surface area contributed by atoms with E-state index in [2.05, 4.69) is 4.98 Å². The minimum Gasteiger partial charge on any atom is -0.337 e. The van der Waals surface area contributed by atoms with Crippen molar-refractivity contribution in [3.63, 3.8) is 0 Å². The lowest BCUT2D eigenvalue weighted by Crippen LogP contribution is -2.45. The number of nitrogens with two attached hydrogens (primary N) is 1. The number of nitrogens with zero attached hydrogens (tertiary/aromatic N) is 6. The second-order valence-electron chi connectivity index (χ2n) is 12.4. The number of aromatic nitrogens is 4. The Balaban J connectivity index is 1.35. The molecule has 2 N–H and O–H groups in total. The molecule has 0 spiro atoms. The summed E-state index contributed by atoms with van der Waals surface area (Å²) in [5, 5.41) is 0.717. The summed E-state index contributed by atoms with van der Waals surface area (Å²) in [6, 6.07) is 8.58. The van der Waals surface area contributed by atoms with E-state index in [1.165, 1.54) is 6.07 Å². The summed E-state index contributed by atoms with van der Waals surface area (Å²) < 4.78 is 56.2. The molecule has 3 aliphatic rings. The van der Waals surface area contributed by atoms with Gasteiger partial charge in [0, 0.05) is 42.8 Å². The molecule has 7 rings (SSSR count). The monoisotopic (exact) mass is 611 g/mol. The van der Waals surface area contributed by atoms with Crippen molar-refractivity contribution in [2.75, 3.05) is 23.7 Å². The maximum Gasteiger partial charge on any atom is 0.329 e. The average molecular weight is 612 g/mol. The van der Waals surface area contributed by atoms with Crippen LogP contribution in [0, 0.1) is 11.8 Å². The Bertz CT molecular complexity index is 1830. The number of carbonyl (C=O) groups excluding carboxylic acids is 1. The second-order valence-corrected chi connectivity index (χ2v) is 14.2. The Morgan fingerprint density at radius 1 is 1.09 bits per heavy atom. The number of anilines is 1. The van der Waals surface area contributed by atoms with Crippen LogP contribution in [0.3, 0.4) is 0 Å². The molecule has 2 saturated carbocycles. The van der Waals surface area contributed by atoms with Crippen molar-refractivity contribution >= 4 is 38.4 Å². The lowest BCUT2D eigenvalue weighted by Gasteiger charge is -2.30. The van der Waals surface area contributed by atoms with Crippen LogP contribution in [0.5, 0.6) is 0 Å². The Morgan fingerprint density at radius 2 is 1.86 bits per heavy atom. The Hall–Kier alpha value is -3.58. The predicted octanol–water partition coefficient (Wildman–Crippen LogP) is 4.27. The third-order valence-corrected chi connectivity index (χ3v) is 9.83. The highest BCUT2D eigenvalue weighted by molar-refractivity contribution is 7.92. The maximum atomic E-state index is 13.9. The van der Waals surface area contributed by atoms with Crippen LogP contribution in [0.1, 0.15) is 54.6 Å². The van der Waals surface area contributed by atoms with Gasteiger partial charge in [0.05, 0.1) is 17.6 Å². The van der Waals surface area contributed by atoms with Gasteiger partial charge < -0.3 is 19.6 Å². The minimum absolute atomic E-state index is 0.0164. The van der Waals surface area contributed by atoms with Crippen molar-refractivity contribution in [3.8, 4) is 11.4 Å². The smallest absolute Gasteiger partial charge is 0.329 e. The third kappa shape index (κ3) is 5.48. The zero-order valence-corrected chi connectivity index (χ0v) is 24.8. The summed E-state index contributed by atoms with van der Waals surface area (Å²) in [6.07, 6.45) is 9.67. The highest BCUT2D eigenvalue weighted by atomic mass is 32.2. The molecule has 0 unspecified atom stereocenters. The van der Waals surface area contributed by atoms with Crippen molar-refractivity contribution in [2.24, 2.45) is 17.6 Å². The molecule has 0 radical (unpaired) electrons. The number of imidazole rings is 1. The molecular formula is C30H35F2N7O3S. The Labute approximate surface area is 248 Å². The molecule has 5 heterocycles. The predicted molar refractivity (Wildman–Crippen MR) is 160 cm³/mol. The fourth-order valence-electron chi connectivity index (χ4n) is 6.20. The molecular weight excluding hydrogens is 576 g/mol. The maximum absolute atomic E-state index is 13.9. The number of sulfonamides is 1. The van der Waals surface area contributed by atoms with Crippen LogP contribution >= 0.6 is 0 Å². The first-order chi connectivity index (χ1) is 20.6. The van der Waals surface area contributed by atoms with E-state index in [0.29, 0.717) is 53.7 Å². The summed E-state index contributed by atoms with van der Waals surface area (Å²) in [4.78, 5) is 24.7. The lowest BCUT2D eigenvalue weighted by atomic mass is 10.1. The zero-order chi connectivity index (χ0) is 30.0. The van der Waals surface area contributed by atoms with Crippen molar-refractivity contribution < 1.29 is 22.0 Å². The van der Waals surface area contributed by atoms with Crippen molar-refractivity contribution in [3.05, 3.63) is 47.8 Å². The first-order valence-electron chi connectivity index (χ1n) is 14.9. The second kappa shape index (κ2) is 10.5. The zero-order valence-electron chi connectivity index (χ0n) is 24.0. The topological polar surface area (TPSA) is 119 Å². The van der Waals surface area contributed by atoms with E-state index in [1.807, 2.05) is 38.3 Å². The number of rotatable bonds is 9. The van der Waals surface area contributed by atoms with Gasteiger partial charge in [0.15, 0.2) is 0 Å². The van der Waals surface area contributed by atoms with E-state index in [-0.39, 0.29) is 22.1 Å². The number of alkyl halides is 2. The molecule has 1 aliphatic heterocycles. The molecule has 228 valence electrons. The molecule has 0 bridgehead atoms. The lowest BCUT2D eigenvalue weighted by molar-refractivity contribution is 0.0708. The Kier molecular flexibility index (Phi) is 6.92.